The van der Waals surface area contributed by atoms with E-state index in [1.807, 2.05) is 13.8 Å². The molecule has 0 spiro atoms. The van der Waals surface area contributed by atoms with Crippen LogP contribution in [0, 0.1) is 0 Å². The van der Waals surface area contributed by atoms with Gasteiger partial charge in [-0.25, -0.2) is 0 Å². The molecule has 0 fully saturated rings. The SMILES string of the molecule is CC.CC(C)c1c(C(F)(F)F)ccc2[nH]ncc12. The molecule has 0 radical (unpaired) electrons. The fraction of sp³-hybridized carbons (Fsp3) is 0.462. The predicted molar refractivity (Wildman–Crippen MR) is 66.5 cm³/mol. The van der Waals surface area contributed by atoms with Gasteiger partial charge in [0.2, 0.25) is 0 Å². The number of halogens is 3. The first-order chi connectivity index (χ1) is 8.41. The number of aromatic nitrogens is 2. The Labute approximate surface area is 104 Å². The van der Waals surface area contributed by atoms with Crippen molar-refractivity contribution in [3.63, 3.8) is 0 Å². The molecular formula is C13H17F3N2. The molecule has 18 heavy (non-hydrogen) atoms. The molecule has 0 unspecified atom stereocenters. The maximum Gasteiger partial charge on any atom is 0.416 e. The summed E-state index contributed by atoms with van der Waals surface area (Å²) in [5, 5.41) is 7.00. The van der Waals surface area contributed by atoms with Gasteiger partial charge in [-0.3, -0.25) is 5.10 Å². The highest BCUT2D eigenvalue weighted by Gasteiger charge is 2.34. The summed E-state index contributed by atoms with van der Waals surface area (Å²) < 4.78 is 38.4. The summed E-state index contributed by atoms with van der Waals surface area (Å²) in [6.07, 6.45) is -2.87. The summed E-state index contributed by atoms with van der Waals surface area (Å²) in [5.74, 6) is -0.196. The minimum absolute atomic E-state index is 0.196. The number of nitrogens with one attached hydrogen (secondary N) is 1. The van der Waals surface area contributed by atoms with Crippen LogP contribution in [-0.2, 0) is 6.18 Å². The Bertz CT molecular complexity index is 512. The van der Waals surface area contributed by atoms with Gasteiger partial charge in [0.15, 0.2) is 0 Å². The van der Waals surface area contributed by atoms with Gasteiger partial charge in [0.05, 0.1) is 17.3 Å². The Balaban J connectivity index is 0.000000771. The van der Waals surface area contributed by atoms with Crippen LogP contribution in [0.2, 0.25) is 0 Å². The largest absolute Gasteiger partial charge is 0.416 e. The molecule has 0 atom stereocenters. The van der Waals surface area contributed by atoms with Gasteiger partial charge in [-0.15, -0.1) is 0 Å². The summed E-state index contributed by atoms with van der Waals surface area (Å²) in [7, 11) is 0. The minimum atomic E-state index is -4.31. The lowest BCUT2D eigenvalue weighted by Gasteiger charge is -2.16. The van der Waals surface area contributed by atoms with E-state index in [0.29, 0.717) is 16.5 Å². The molecule has 0 bridgehead atoms. The fourth-order valence-electron chi connectivity index (χ4n) is 1.91. The Morgan fingerprint density at radius 2 is 1.78 bits per heavy atom. The first-order valence-corrected chi connectivity index (χ1v) is 5.94. The van der Waals surface area contributed by atoms with Crippen molar-refractivity contribution >= 4 is 10.9 Å². The van der Waals surface area contributed by atoms with Crippen LogP contribution < -0.4 is 0 Å². The maximum absolute atomic E-state index is 12.8. The van der Waals surface area contributed by atoms with Crippen molar-refractivity contribution in [1.82, 2.24) is 10.2 Å². The molecule has 1 N–H and O–H groups in total. The highest BCUT2D eigenvalue weighted by molar-refractivity contribution is 5.83. The van der Waals surface area contributed by atoms with E-state index in [0.717, 1.165) is 6.07 Å². The smallest absolute Gasteiger partial charge is 0.278 e. The second-order valence-electron chi connectivity index (χ2n) is 4.01. The lowest BCUT2D eigenvalue weighted by Crippen LogP contribution is -2.10. The van der Waals surface area contributed by atoms with Crippen molar-refractivity contribution < 1.29 is 13.2 Å². The van der Waals surface area contributed by atoms with E-state index >= 15 is 0 Å². The van der Waals surface area contributed by atoms with Crippen molar-refractivity contribution in [1.29, 1.82) is 0 Å². The molecule has 1 aromatic heterocycles. The van der Waals surface area contributed by atoms with Gasteiger partial charge >= 0.3 is 6.18 Å². The van der Waals surface area contributed by atoms with E-state index in [4.69, 9.17) is 0 Å². The molecule has 0 saturated heterocycles. The van der Waals surface area contributed by atoms with Gasteiger partial charge < -0.3 is 0 Å². The summed E-state index contributed by atoms with van der Waals surface area (Å²) in [4.78, 5) is 0. The number of benzene rings is 1. The summed E-state index contributed by atoms with van der Waals surface area (Å²) in [6, 6.07) is 2.52. The van der Waals surface area contributed by atoms with Crippen molar-refractivity contribution in [2.45, 2.75) is 39.8 Å². The third kappa shape index (κ3) is 2.66. The second-order valence-corrected chi connectivity index (χ2v) is 4.01. The van der Waals surface area contributed by atoms with E-state index in [-0.39, 0.29) is 5.92 Å². The minimum Gasteiger partial charge on any atom is -0.278 e. The molecule has 0 amide bonds. The van der Waals surface area contributed by atoms with Gasteiger partial charge in [-0.05, 0) is 23.6 Å². The summed E-state index contributed by atoms with van der Waals surface area (Å²) >= 11 is 0. The molecule has 5 heteroatoms. The number of H-pyrrole nitrogens is 1. The molecular weight excluding hydrogens is 241 g/mol. The lowest BCUT2D eigenvalue weighted by molar-refractivity contribution is -0.138. The Morgan fingerprint density at radius 3 is 2.28 bits per heavy atom. The fourth-order valence-corrected chi connectivity index (χ4v) is 1.91. The van der Waals surface area contributed by atoms with Crippen molar-refractivity contribution in [2.75, 3.05) is 0 Å². The van der Waals surface area contributed by atoms with Gasteiger partial charge in [0.1, 0.15) is 0 Å². The number of rotatable bonds is 1. The predicted octanol–water partition coefficient (Wildman–Crippen LogP) is 4.73. The molecule has 2 aromatic rings. The highest BCUT2D eigenvalue weighted by atomic mass is 19.4. The molecule has 0 aliphatic rings. The first kappa shape index (κ1) is 14.5. The Hall–Kier alpha value is -1.52. The van der Waals surface area contributed by atoms with Gasteiger partial charge in [-0.2, -0.15) is 18.3 Å². The molecule has 0 aliphatic carbocycles. The van der Waals surface area contributed by atoms with Crippen molar-refractivity contribution in [2.24, 2.45) is 0 Å². The molecule has 100 valence electrons. The Morgan fingerprint density at radius 1 is 1.17 bits per heavy atom. The molecule has 2 rings (SSSR count). The zero-order valence-electron chi connectivity index (χ0n) is 10.9. The zero-order chi connectivity index (χ0) is 13.9. The van der Waals surface area contributed by atoms with Crippen LogP contribution in [0.15, 0.2) is 18.3 Å². The number of hydrogen-bond acceptors (Lipinski definition) is 1. The van der Waals surface area contributed by atoms with Crippen molar-refractivity contribution in [3.8, 4) is 0 Å². The van der Waals surface area contributed by atoms with Crippen LogP contribution in [0.1, 0.15) is 44.7 Å². The van der Waals surface area contributed by atoms with Crippen LogP contribution in [0.4, 0.5) is 13.2 Å². The number of nitrogens with zero attached hydrogens (tertiary/aromatic N) is 1. The van der Waals surface area contributed by atoms with Gasteiger partial charge in [0.25, 0.3) is 0 Å². The molecule has 1 heterocycles. The molecule has 2 nitrogen and oxygen atoms in total. The standard InChI is InChI=1S/C11H11F3N2.C2H6/c1-6(2)10-7-5-15-16-9(7)4-3-8(10)11(12,13)14;1-2/h3-6H,1-2H3,(H,15,16);1-2H3. The first-order valence-electron chi connectivity index (χ1n) is 5.94. The van der Waals surface area contributed by atoms with Crippen LogP contribution in [0.5, 0.6) is 0 Å². The van der Waals surface area contributed by atoms with E-state index < -0.39 is 11.7 Å². The number of alkyl halides is 3. The average Bonchev–Trinajstić information content (AvgIpc) is 2.76. The number of aromatic amines is 1. The second kappa shape index (κ2) is 5.42. The lowest BCUT2D eigenvalue weighted by atomic mass is 9.93. The number of fused-ring (bicyclic) bond motifs is 1. The van der Waals surface area contributed by atoms with Crippen molar-refractivity contribution in [3.05, 3.63) is 29.5 Å². The number of hydrogen-bond donors (Lipinski definition) is 1. The van der Waals surface area contributed by atoms with E-state index in [1.54, 1.807) is 13.8 Å². The maximum atomic E-state index is 12.8. The third-order valence-electron chi connectivity index (χ3n) is 2.55. The molecule has 1 aromatic carbocycles. The van der Waals surface area contributed by atoms with Crippen LogP contribution in [-0.4, -0.2) is 10.2 Å². The zero-order valence-corrected chi connectivity index (χ0v) is 10.9. The average molecular weight is 258 g/mol. The van der Waals surface area contributed by atoms with Crippen LogP contribution in [0.25, 0.3) is 10.9 Å². The normalized spacial score (nSPS) is 11.6. The van der Waals surface area contributed by atoms with Gasteiger partial charge in [0, 0.05) is 5.39 Å². The van der Waals surface area contributed by atoms with E-state index in [9.17, 15) is 13.2 Å². The van der Waals surface area contributed by atoms with E-state index in [2.05, 4.69) is 10.2 Å². The highest BCUT2D eigenvalue weighted by Crippen LogP contribution is 2.38. The van der Waals surface area contributed by atoms with Gasteiger partial charge in [-0.1, -0.05) is 27.7 Å². The topological polar surface area (TPSA) is 28.7 Å². The molecule has 0 saturated carbocycles. The third-order valence-corrected chi connectivity index (χ3v) is 2.55. The summed E-state index contributed by atoms with van der Waals surface area (Å²) in [6.45, 7) is 7.49. The quantitative estimate of drug-likeness (QED) is 0.787. The monoisotopic (exact) mass is 258 g/mol. The summed E-state index contributed by atoms with van der Waals surface area (Å²) in [5.41, 5.74) is 0.367. The van der Waals surface area contributed by atoms with E-state index in [1.165, 1.54) is 12.3 Å². The molecule has 0 aliphatic heterocycles. The van der Waals surface area contributed by atoms with Crippen LogP contribution >= 0.6 is 0 Å². The van der Waals surface area contributed by atoms with Crippen LogP contribution in [0.3, 0.4) is 0 Å². The Kier molecular flexibility index (Phi) is 4.38.